The molecule has 0 spiro atoms. The summed E-state index contributed by atoms with van der Waals surface area (Å²) in [6.07, 6.45) is 5.07. The molecule has 0 saturated heterocycles. The molecular formula is C22H15F2N3OS. The Morgan fingerprint density at radius 1 is 0.897 bits per heavy atom. The molecule has 0 bridgehead atoms. The molecule has 0 atom stereocenters. The molecule has 2 heterocycles. The second kappa shape index (κ2) is 8.28. The van der Waals surface area contributed by atoms with Crippen molar-refractivity contribution in [2.45, 2.75) is 5.92 Å². The van der Waals surface area contributed by atoms with E-state index < -0.39 is 17.6 Å². The van der Waals surface area contributed by atoms with Crippen molar-refractivity contribution >= 4 is 22.4 Å². The lowest BCUT2D eigenvalue weighted by Gasteiger charge is -2.17. The summed E-state index contributed by atoms with van der Waals surface area (Å²) in [6, 6.07) is 15.1. The Labute approximate surface area is 169 Å². The van der Waals surface area contributed by atoms with Gasteiger partial charge in [-0.2, -0.15) is 0 Å². The van der Waals surface area contributed by atoms with Crippen LogP contribution in [0.3, 0.4) is 0 Å². The predicted molar refractivity (Wildman–Crippen MR) is 109 cm³/mol. The average molecular weight is 407 g/mol. The zero-order valence-corrected chi connectivity index (χ0v) is 15.9. The van der Waals surface area contributed by atoms with Crippen LogP contribution < -0.4 is 5.32 Å². The van der Waals surface area contributed by atoms with Crippen molar-refractivity contribution in [1.29, 1.82) is 0 Å². The molecule has 2 aromatic carbocycles. The highest BCUT2D eigenvalue weighted by Gasteiger charge is 2.24. The molecule has 0 saturated carbocycles. The highest BCUT2D eigenvalue weighted by Crippen LogP contribution is 2.31. The Kier molecular flexibility index (Phi) is 5.39. The number of carbonyl (C=O) groups excluding carboxylic acids is 1. The van der Waals surface area contributed by atoms with Crippen molar-refractivity contribution in [1.82, 2.24) is 9.97 Å². The number of benzene rings is 2. The standard InChI is InChI=1S/C22H15F2N3OS/c23-17-7-3-14(4-8-17)20(15-5-9-18(24)10-6-15)21(28)27-22-26-13-19(29-22)16-2-1-11-25-12-16/h1-13,20H,(H,26,27,28). The Morgan fingerprint density at radius 3 is 2.07 bits per heavy atom. The van der Waals surface area contributed by atoms with Crippen LogP contribution in [0.4, 0.5) is 13.9 Å². The van der Waals surface area contributed by atoms with Gasteiger partial charge in [-0.05, 0) is 41.5 Å². The third kappa shape index (κ3) is 4.35. The van der Waals surface area contributed by atoms with Crippen LogP contribution in [0.15, 0.2) is 79.3 Å². The number of pyridine rings is 1. The summed E-state index contributed by atoms with van der Waals surface area (Å²) < 4.78 is 26.7. The van der Waals surface area contributed by atoms with Crippen molar-refractivity contribution in [2.24, 2.45) is 0 Å². The Morgan fingerprint density at radius 2 is 1.52 bits per heavy atom. The number of rotatable bonds is 5. The Hall–Kier alpha value is -3.45. The highest BCUT2D eigenvalue weighted by molar-refractivity contribution is 7.19. The first-order chi connectivity index (χ1) is 14.1. The average Bonchev–Trinajstić information content (AvgIpc) is 3.20. The summed E-state index contributed by atoms with van der Waals surface area (Å²) in [5.74, 6) is -1.86. The van der Waals surface area contributed by atoms with E-state index in [-0.39, 0.29) is 5.91 Å². The second-order valence-electron chi connectivity index (χ2n) is 6.30. The van der Waals surface area contributed by atoms with Crippen molar-refractivity contribution in [3.05, 3.63) is 102 Å². The number of nitrogens with zero attached hydrogens (tertiary/aromatic N) is 2. The van der Waals surface area contributed by atoms with Gasteiger partial charge in [0, 0.05) is 24.2 Å². The highest BCUT2D eigenvalue weighted by atomic mass is 32.1. The minimum absolute atomic E-state index is 0.338. The number of halogens is 2. The fraction of sp³-hybridized carbons (Fsp3) is 0.0455. The molecule has 29 heavy (non-hydrogen) atoms. The van der Waals surface area contributed by atoms with Gasteiger partial charge in [0.2, 0.25) is 5.91 Å². The second-order valence-corrected chi connectivity index (χ2v) is 7.33. The summed E-state index contributed by atoms with van der Waals surface area (Å²) >= 11 is 1.32. The molecule has 0 aliphatic carbocycles. The van der Waals surface area contributed by atoms with Crippen LogP contribution in [-0.2, 0) is 4.79 Å². The van der Waals surface area contributed by atoms with Crippen molar-refractivity contribution < 1.29 is 13.6 Å². The Balaban J connectivity index is 1.62. The molecule has 0 fully saturated rings. The number of thiazole rings is 1. The number of aromatic nitrogens is 2. The molecule has 0 aliphatic heterocycles. The first kappa shape index (κ1) is 18.9. The minimum Gasteiger partial charge on any atom is -0.301 e. The smallest absolute Gasteiger partial charge is 0.238 e. The Bertz CT molecular complexity index is 1070. The maximum absolute atomic E-state index is 13.4. The van der Waals surface area contributed by atoms with Crippen LogP contribution in [0.1, 0.15) is 17.0 Å². The molecule has 4 rings (SSSR count). The van der Waals surface area contributed by atoms with E-state index in [0.717, 1.165) is 10.4 Å². The van der Waals surface area contributed by atoms with Gasteiger partial charge in [0.1, 0.15) is 11.6 Å². The van der Waals surface area contributed by atoms with Gasteiger partial charge in [0.15, 0.2) is 5.13 Å². The van der Waals surface area contributed by atoms with E-state index in [9.17, 15) is 13.6 Å². The molecule has 7 heteroatoms. The van der Waals surface area contributed by atoms with E-state index in [1.54, 1.807) is 42.9 Å². The summed E-state index contributed by atoms with van der Waals surface area (Å²) in [7, 11) is 0. The van der Waals surface area contributed by atoms with Crippen LogP contribution in [0, 0.1) is 11.6 Å². The number of anilines is 1. The molecule has 1 N–H and O–H groups in total. The van der Waals surface area contributed by atoms with E-state index in [4.69, 9.17) is 0 Å². The number of hydrogen-bond donors (Lipinski definition) is 1. The third-order valence-corrected chi connectivity index (χ3v) is 5.31. The largest absolute Gasteiger partial charge is 0.301 e. The SMILES string of the molecule is O=C(Nc1ncc(-c2cccnc2)s1)C(c1ccc(F)cc1)c1ccc(F)cc1. The summed E-state index contributed by atoms with van der Waals surface area (Å²) in [6.45, 7) is 0. The van der Waals surface area contributed by atoms with Crippen LogP contribution in [0.2, 0.25) is 0 Å². The first-order valence-electron chi connectivity index (χ1n) is 8.78. The molecule has 4 nitrogen and oxygen atoms in total. The lowest BCUT2D eigenvalue weighted by atomic mass is 9.90. The van der Waals surface area contributed by atoms with Crippen LogP contribution in [-0.4, -0.2) is 15.9 Å². The summed E-state index contributed by atoms with van der Waals surface area (Å²) in [4.78, 5) is 22.3. The van der Waals surface area contributed by atoms with E-state index in [0.29, 0.717) is 16.3 Å². The van der Waals surface area contributed by atoms with Gasteiger partial charge >= 0.3 is 0 Å². The van der Waals surface area contributed by atoms with Gasteiger partial charge in [-0.15, -0.1) is 0 Å². The molecule has 2 aromatic heterocycles. The van der Waals surface area contributed by atoms with E-state index >= 15 is 0 Å². The number of hydrogen-bond acceptors (Lipinski definition) is 4. The fourth-order valence-electron chi connectivity index (χ4n) is 2.96. The zero-order chi connectivity index (χ0) is 20.2. The summed E-state index contributed by atoms with van der Waals surface area (Å²) in [5.41, 5.74) is 2.10. The summed E-state index contributed by atoms with van der Waals surface area (Å²) in [5, 5.41) is 3.25. The van der Waals surface area contributed by atoms with E-state index in [2.05, 4.69) is 15.3 Å². The van der Waals surface area contributed by atoms with E-state index in [1.807, 2.05) is 12.1 Å². The van der Waals surface area contributed by atoms with Crippen molar-refractivity contribution in [3.63, 3.8) is 0 Å². The predicted octanol–water partition coefficient (Wildman–Crippen LogP) is 5.25. The molecule has 0 radical (unpaired) electrons. The molecule has 1 amide bonds. The third-order valence-electron chi connectivity index (χ3n) is 4.35. The van der Waals surface area contributed by atoms with Gasteiger partial charge in [-0.25, -0.2) is 13.8 Å². The zero-order valence-electron chi connectivity index (χ0n) is 15.0. The quantitative estimate of drug-likeness (QED) is 0.491. The molecule has 0 unspecified atom stereocenters. The van der Waals surface area contributed by atoms with Crippen molar-refractivity contribution in [2.75, 3.05) is 5.32 Å². The van der Waals surface area contributed by atoms with Gasteiger partial charge in [-0.1, -0.05) is 41.7 Å². The lowest BCUT2D eigenvalue weighted by Crippen LogP contribution is -2.22. The maximum atomic E-state index is 13.4. The maximum Gasteiger partial charge on any atom is 0.238 e. The number of amides is 1. The normalized spacial score (nSPS) is 10.9. The first-order valence-corrected chi connectivity index (χ1v) is 9.60. The van der Waals surface area contributed by atoms with Gasteiger partial charge in [-0.3, -0.25) is 9.78 Å². The van der Waals surface area contributed by atoms with Crippen molar-refractivity contribution in [3.8, 4) is 10.4 Å². The number of carbonyl (C=O) groups is 1. The molecule has 0 aliphatic rings. The van der Waals surface area contributed by atoms with Gasteiger partial charge in [0.25, 0.3) is 0 Å². The number of nitrogens with one attached hydrogen (secondary N) is 1. The monoisotopic (exact) mass is 407 g/mol. The molecule has 144 valence electrons. The topological polar surface area (TPSA) is 54.9 Å². The van der Waals surface area contributed by atoms with Crippen LogP contribution in [0.25, 0.3) is 10.4 Å². The van der Waals surface area contributed by atoms with Crippen LogP contribution in [0.5, 0.6) is 0 Å². The molecular weight excluding hydrogens is 392 g/mol. The van der Waals surface area contributed by atoms with E-state index in [1.165, 1.54) is 35.6 Å². The fourth-order valence-corrected chi connectivity index (χ4v) is 3.77. The van der Waals surface area contributed by atoms with Crippen LogP contribution >= 0.6 is 11.3 Å². The minimum atomic E-state index is -0.734. The van der Waals surface area contributed by atoms with Gasteiger partial charge in [0.05, 0.1) is 10.8 Å². The van der Waals surface area contributed by atoms with Gasteiger partial charge < -0.3 is 5.32 Å². The molecule has 4 aromatic rings. The lowest BCUT2D eigenvalue weighted by molar-refractivity contribution is -0.116.